The predicted molar refractivity (Wildman–Crippen MR) is 96.5 cm³/mol. The molecule has 0 radical (unpaired) electrons. The molecular weight excluding hydrogens is 322 g/mol. The summed E-state index contributed by atoms with van der Waals surface area (Å²) in [6, 6.07) is 7.94. The lowest BCUT2D eigenvalue weighted by molar-refractivity contribution is -0.117. The summed E-state index contributed by atoms with van der Waals surface area (Å²) in [5.41, 5.74) is 2.91. The first-order valence-corrected chi connectivity index (χ1v) is 9.28. The Hall–Kier alpha value is -1.92. The van der Waals surface area contributed by atoms with E-state index in [2.05, 4.69) is 22.5 Å². The van der Waals surface area contributed by atoms with Crippen molar-refractivity contribution >= 4 is 28.1 Å². The number of anilines is 2. The molecule has 1 aliphatic heterocycles. The van der Waals surface area contributed by atoms with Gasteiger partial charge in [0, 0.05) is 35.6 Å². The quantitative estimate of drug-likeness (QED) is 0.926. The number of thiazole rings is 1. The molecule has 1 aromatic heterocycles. The van der Waals surface area contributed by atoms with Crippen molar-refractivity contribution in [1.29, 1.82) is 0 Å². The molecule has 2 atom stereocenters. The maximum Gasteiger partial charge on any atom is 0.227 e. The summed E-state index contributed by atoms with van der Waals surface area (Å²) in [6.07, 6.45) is 1.01. The van der Waals surface area contributed by atoms with Crippen LogP contribution in [0.2, 0.25) is 0 Å². The first-order valence-electron chi connectivity index (χ1n) is 8.40. The minimum atomic E-state index is 0.138. The van der Waals surface area contributed by atoms with E-state index in [1.165, 1.54) is 0 Å². The van der Waals surface area contributed by atoms with Crippen molar-refractivity contribution in [2.24, 2.45) is 11.8 Å². The van der Waals surface area contributed by atoms with Crippen LogP contribution in [0, 0.1) is 11.8 Å². The second-order valence-electron chi connectivity index (χ2n) is 6.50. The molecule has 0 unspecified atom stereocenters. The molecule has 2 aliphatic rings. The van der Waals surface area contributed by atoms with Gasteiger partial charge in [-0.2, -0.15) is 0 Å². The fraction of sp³-hybridized carbons (Fsp3) is 0.444. The molecule has 1 N–H and O–H groups in total. The zero-order valence-corrected chi connectivity index (χ0v) is 14.5. The maximum atomic E-state index is 12.0. The molecule has 1 saturated heterocycles. The molecule has 5 nitrogen and oxygen atoms in total. The number of carbonyl (C=O) groups is 1. The van der Waals surface area contributed by atoms with Gasteiger partial charge in [-0.1, -0.05) is 19.1 Å². The number of carbonyl (C=O) groups excluding carboxylic acids is 1. The van der Waals surface area contributed by atoms with Gasteiger partial charge < -0.3 is 15.0 Å². The molecular formula is C18H21N3O2S. The Morgan fingerprint density at radius 2 is 2.00 bits per heavy atom. The van der Waals surface area contributed by atoms with Crippen molar-refractivity contribution in [3.05, 3.63) is 29.6 Å². The van der Waals surface area contributed by atoms with Gasteiger partial charge in [-0.3, -0.25) is 4.79 Å². The van der Waals surface area contributed by atoms with Crippen LogP contribution in [0.25, 0.3) is 11.3 Å². The average molecular weight is 343 g/mol. The monoisotopic (exact) mass is 343 g/mol. The van der Waals surface area contributed by atoms with Crippen molar-refractivity contribution in [1.82, 2.24) is 4.98 Å². The van der Waals surface area contributed by atoms with E-state index in [0.717, 1.165) is 54.8 Å². The van der Waals surface area contributed by atoms with Gasteiger partial charge in [-0.05, 0) is 24.5 Å². The summed E-state index contributed by atoms with van der Waals surface area (Å²) in [5, 5.41) is 6.13. The largest absolute Gasteiger partial charge is 0.378 e. The zero-order chi connectivity index (χ0) is 16.5. The summed E-state index contributed by atoms with van der Waals surface area (Å²) in [5.74, 6) is 0.857. The summed E-state index contributed by atoms with van der Waals surface area (Å²) >= 11 is 1.67. The molecule has 1 aliphatic carbocycles. The van der Waals surface area contributed by atoms with E-state index in [9.17, 15) is 4.79 Å². The highest BCUT2D eigenvalue weighted by Crippen LogP contribution is 2.38. The minimum Gasteiger partial charge on any atom is -0.378 e. The van der Waals surface area contributed by atoms with Crippen molar-refractivity contribution in [3.63, 3.8) is 0 Å². The second kappa shape index (κ2) is 6.53. The van der Waals surface area contributed by atoms with Crippen LogP contribution in [-0.4, -0.2) is 37.2 Å². The Morgan fingerprint density at radius 1 is 1.29 bits per heavy atom. The number of amides is 1. The molecule has 1 saturated carbocycles. The van der Waals surface area contributed by atoms with Crippen LogP contribution in [0.15, 0.2) is 29.6 Å². The molecule has 6 heteroatoms. The summed E-state index contributed by atoms with van der Waals surface area (Å²) in [7, 11) is 0. The number of hydrogen-bond acceptors (Lipinski definition) is 5. The van der Waals surface area contributed by atoms with E-state index in [1.54, 1.807) is 11.3 Å². The third-order valence-corrected chi connectivity index (χ3v) is 5.57. The summed E-state index contributed by atoms with van der Waals surface area (Å²) in [4.78, 5) is 19.0. The number of ether oxygens (including phenoxy) is 1. The van der Waals surface area contributed by atoms with Crippen LogP contribution in [0.3, 0.4) is 0 Å². The molecule has 126 valence electrons. The van der Waals surface area contributed by atoms with E-state index in [0.29, 0.717) is 5.92 Å². The topological polar surface area (TPSA) is 54.5 Å². The van der Waals surface area contributed by atoms with Crippen molar-refractivity contribution in [2.75, 3.05) is 36.5 Å². The fourth-order valence-electron chi connectivity index (χ4n) is 2.94. The van der Waals surface area contributed by atoms with Gasteiger partial charge in [-0.25, -0.2) is 4.98 Å². The molecule has 2 fully saturated rings. The Morgan fingerprint density at radius 3 is 2.67 bits per heavy atom. The number of benzene rings is 1. The van der Waals surface area contributed by atoms with Gasteiger partial charge in [0.1, 0.15) is 0 Å². The summed E-state index contributed by atoms with van der Waals surface area (Å²) in [6.45, 7) is 5.45. The van der Waals surface area contributed by atoms with E-state index >= 15 is 0 Å². The smallest absolute Gasteiger partial charge is 0.227 e. The Kier molecular flexibility index (Phi) is 4.24. The highest BCUT2D eigenvalue weighted by Gasteiger charge is 2.39. The lowest BCUT2D eigenvalue weighted by Crippen LogP contribution is -2.36. The maximum absolute atomic E-state index is 12.0. The number of nitrogens with one attached hydrogen (secondary N) is 1. The Bertz CT molecular complexity index is 722. The minimum absolute atomic E-state index is 0.138. The van der Waals surface area contributed by atoms with Gasteiger partial charge in [0.2, 0.25) is 5.91 Å². The number of rotatable bonds is 4. The predicted octanol–water partition coefficient (Wildman–Crippen LogP) is 3.24. The second-order valence-corrected chi connectivity index (χ2v) is 7.34. The van der Waals surface area contributed by atoms with Crippen molar-refractivity contribution in [2.45, 2.75) is 13.3 Å². The van der Waals surface area contributed by atoms with E-state index in [1.807, 2.05) is 24.3 Å². The Balaban J connectivity index is 1.43. The van der Waals surface area contributed by atoms with Crippen molar-refractivity contribution < 1.29 is 9.53 Å². The molecule has 2 heterocycles. The first kappa shape index (κ1) is 15.6. The van der Waals surface area contributed by atoms with Gasteiger partial charge in [-0.15, -0.1) is 11.3 Å². The lowest BCUT2D eigenvalue weighted by Gasteiger charge is -2.26. The molecule has 0 spiro atoms. The number of hydrogen-bond donors (Lipinski definition) is 1. The van der Waals surface area contributed by atoms with Crippen LogP contribution in [0.1, 0.15) is 13.3 Å². The Labute approximate surface area is 145 Å². The summed E-state index contributed by atoms with van der Waals surface area (Å²) < 4.78 is 5.39. The molecule has 1 aromatic carbocycles. The molecule has 0 bridgehead atoms. The molecule has 24 heavy (non-hydrogen) atoms. The van der Waals surface area contributed by atoms with Crippen LogP contribution < -0.4 is 10.2 Å². The average Bonchev–Trinajstić information content (AvgIpc) is 3.16. The standard InChI is InChI=1S/C18H21N3O2S/c1-12-10-15(12)17(22)19-14-4-2-13(3-5-14)16-11-24-18(20-16)21-6-8-23-9-7-21/h2-5,11-12,15H,6-10H2,1H3,(H,19,22)/t12-,15-/m0/s1. The third kappa shape index (κ3) is 3.30. The van der Waals surface area contributed by atoms with Gasteiger partial charge in [0.05, 0.1) is 18.9 Å². The third-order valence-electron chi connectivity index (χ3n) is 4.67. The highest BCUT2D eigenvalue weighted by atomic mass is 32.1. The van der Waals surface area contributed by atoms with Crippen LogP contribution >= 0.6 is 11.3 Å². The molecule has 1 amide bonds. The van der Waals surface area contributed by atoms with Crippen molar-refractivity contribution in [3.8, 4) is 11.3 Å². The first-order chi connectivity index (χ1) is 11.7. The van der Waals surface area contributed by atoms with E-state index < -0.39 is 0 Å². The van der Waals surface area contributed by atoms with Crippen LogP contribution in [0.5, 0.6) is 0 Å². The van der Waals surface area contributed by atoms with E-state index in [-0.39, 0.29) is 11.8 Å². The highest BCUT2D eigenvalue weighted by molar-refractivity contribution is 7.14. The number of morpholine rings is 1. The zero-order valence-electron chi connectivity index (χ0n) is 13.7. The fourth-order valence-corrected chi connectivity index (χ4v) is 3.83. The molecule has 2 aromatic rings. The molecule has 4 rings (SSSR count). The number of aromatic nitrogens is 1. The van der Waals surface area contributed by atoms with Crippen LogP contribution in [-0.2, 0) is 9.53 Å². The van der Waals surface area contributed by atoms with Crippen LogP contribution in [0.4, 0.5) is 10.8 Å². The lowest BCUT2D eigenvalue weighted by atomic mass is 10.1. The van der Waals surface area contributed by atoms with E-state index in [4.69, 9.17) is 9.72 Å². The van der Waals surface area contributed by atoms with Gasteiger partial charge in [0.15, 0.2) is 5.13 Å². The normalized spacial score (nSPS) is 23.1. The van der Waals surface area contributed by atoms with Gasteiger partial charge in [0.25, 0.3) is 0 Å². The van der Waals surface area contributed by atoms with Gasteiger partial charge >= 0.3 is 0 Å². The number of nitrogens with zero attached hydrogens (tertiary/aromatic N) is 2. The SMILES string of the molecule is C[C@H]1C[C@@H]1C(=O)Nc1ccc(-c2csc(N3CCOCC3)n2)cc1.